The van der Waals surface area contributed by atoms with Gasteiger partial charge in [0.1, 0.15) is 0 Å². The molecule has 0 unspecified atom stereocenters. The standard InChI is InChI=1S/C13H22N2O2S2/c1-9(2)14-8-12-13(4-5-18-12)19(16,17)15-11-6-10(3)7-11/h4-5,9-11,14-15H,6-8H2,1-3H3. The molecule has 1 aromatic heterocycles. The number of thiophene rings is 1. The quantitative estimate of drug-likeness (QED) is 0.848. The van der Waals surface area contributed by atoms with Crippen LogP contribution in [0.4, 0.5) is 0 Å². The number of sulfonamides is 1. The van der Waals surface area contributed by atoms with E-state index in [9.17, 15) is 8.42 Å². The molecule has 108 valence electrons. The van der Waals surface area contributed by atoms with Crippen molar-refractivity contribution in [3.63, 3.8) is 0 Å². The normalized spacial score (nSPS) is 23.6. The van der Waals surface area contributed by atoms with E-state index in [1.165, 1.54) is 11.3 Å². The summed E-state index contributed by atoms with van der Waals surface area (Å²) in [6.45, 7) is 6.85. The summed E-state index contributed by atoms with van der Waals surface area (Å²) >= 11 is 1.49. The first-order chi connectivity index (χ1) is 8.88. The third-order valence-electron chi connectivity index (χ3n) is 3.36. The fourth-order valence-electron chi connectivity index (χ4n) is 2.28. The van der Waals surface area contributed by atoms with Crippen molar-refractivity contribution in [3.8, 4) is 0 Å². The molecular weight excluding hydrogens is 280 g/mol. The van der Waals surface area contributed by atoms with Gasteiger partial charge in [-0.1, -0.05) is 20.8 Å². The van der Waals surface area contributed by atoms with Gasteiger partial charge in [0, 0.05) is 23.5 Å². The Bertz CT molecular complexity index is 517. The minimum absolute atomic E-state index is 0.116. The third kappa shape index (κ3) is 3.78. The van der Waals surface area contributed by atoms with E-state index in [4.69, 9.17) is 0 Å². The molecule has 2 rings (SSSR count). The van der Waals surface area contributed by atoms with Gasteiger partial charge in [-0.2, -0.15) is 0 Å². The van der Waals surface area contributed by atoms with E-state index in [0.717, 1.165) is 17.7 Å². The Morgan fingerprint density at radius 2 is 2.11 bits per heavy atom. The average Bonchev–Trinajstić information content (AvgIpc) is 2.72. The highest BCUT2D eigenvalue weighted by atomic mass is 32.2. The second-order valence-corrected chi connectivity index (χ2v) is 8.32. The minimum Gasteiger partial charge on any atom is -0.310 e. The first kappa shape index (κ1) is 15.0. The topological polar surface area (TPSA) is 58.2 Å². The van der Waals surface area contributed by atoms with Crippen LogP contribution in [0.5, 0.6) is 0 Å². The van der Waals surface area contributed by atoms with E-state index in [1.54, 1.807) is 6.07 Å². The van der Waals surface area contributed by atoms with Crippen molar-refractivity contribution in [2.24, 2.45) is 5.92 Å². The molecule has 4 nitrogen and oxygen atoms in total. The average molecular weight is 302 g/mol. The van der Waals surface area contributed by atoms with Crippen LogP contribution >= 0.6 is 11.3 Å². The van der Waals surface area contributed by atoms with Crippen LogP contribution in [-0.2, 0) is 16.6 Å². The molecule has 2 N–H and O–H groups in total. The highest BCUT2D eigenvalue weighted by Crippen LogP contribution is 2.29. The van der Waals surface area contributed by atoms with Crippen molar-refractivity contribution >= 4 is 21.4 Å². The maximum absolute atomic E-state index is 12.3. The Morgan fingerprint density at radius 1 is 1.42 bits per heavy atom. The molecule has 0 radical (unpaired) electrons. The lowest BCUT2D eigenvalue weighted by Gasteiger charge is -2.32. The molecule has 1 aromatic rings. The lowest BCUT2D eigenvalue weighted by Crippen LogP contribution is -2.43. The fourth-order valence-corrected chi connectivity index (χ4v) is 4.93. The van der Waals surface area contributed by atoms with E-state index in [0.29, 0.717) is 23.4 Å². The molecule has 1 saturated carbocycles. The SMILES string of the molecule is CC1CC(NS(=O)(=O)c2ccsc2CNC(C)C)C1. The lowest BCUT2D eigenvalue weighted by atomic mass is 9.83. The molecule has 19 heavy (non-hydrogen) atoms. The molecule has 0 saturated heterocycles. The molecule has 0 aliphatic heterocycles. The minimum atomic E-state index is -3.36. The Morgan fingerprint density at radius 3 is 2.68 bits per heavy atom. The molecule has 1 aliphatic rings. The molecule has 1 fully saturated rings. The smallest absolute Gasteiger partial charge is 0.241 e. The van der Waals surface area contributed by atoms with Crippen LogP contribution in [0.2, 0.25) is 0 Å². The predicted molar refractivity (Wildman–Crippen MR) is 78.8 cm³/mol. The third-order valence-corrected chi connectivity index (χ3v) is 6.02. The summed E-state index contributed by atoms with van der Waals surface area (Å²) in [6, 6.07) is 2.16. The predicted octanol–water partition coefficient (Wildman–Crippen LogP) is 2.32. The zero-order valence-electron chi connectivity index (χ0n) is 11.6. The molecule has 1 aliphatic carbocycles. The maximum atomic E-state index is 12.3. The highest BCUT2D eigenvalue weighted by molar-refractivity contribution is 7.89. The molecule has 0 amide bonds. The van der Waals surface area contributed by atoms with E-state index in [1.807, 2.05) is 5.38 Å². The van der Waals surface area contributed by atoms with Crippen LogP contribution in [0.25, 0.3) is 0 Å². The van der Waals surface area contributed by atoms with Crippen LogP contribution in [0, 0.1) is 5.92 Å². The summed E-state index contributed by atoms with van der Waals surface area (Å²) in [6.07, 6.45) is 1.89. The number of hydrogen-bond acceptors (Lipinski definition) is 4. The van der Waals surface area contributed by atoms with Gasteiger partial charge in [0.25, 0.3) is 0 Å². The fraction of sp³-hybridized carbons (Fsp3) is 0.692. The molecule has 0 bridgehead atoms. The first-order valence-electron chi connectivity index (χ1n) is 6.70. The number of hydrogen-bond donors (Lipinski definition) is 2. The Kier molecular flexibility index (Phi) is 4.66. The van der Waals surface area contributed by atoms with Crippen LogP contribution in [0.1, 0.15) is 38.5 Å². The summed E-state index contributed by atoms with van der Waals surface area (Å²) in [5.74, 6) is 0.636. The van der Waals surface area contributed by atoms with Crippen LogP contribution in [0.3, 0.4) is 0 Å². The van der Waals surface area contributed by atoms with E-state index >= 15 is 0 Å². The Labute approximate surface area is 119 Å². The van der Waals surface area contributed by atoms with Gasteiger partial charge >= 0.3 is 0 Å². The van der Waals surface area contributed by atoms with Gasteiger partial charge in [0.15, 0.2) is 0 Å². The van der Waals surface area contributed by atoms with Gasteiger partial charge in [-0.3, -0.25) is 0 Å². The van der Waals surface area contributed by atoms with Crippen molar-refractivity contribution in [1.82, 2.24) is 10.0 Å². The van der Waals surface area contributed by atoms with E-state index < -0.39 is 10.0 Å². The summed E-state index contributed by atoms with van der Waals surface area (Å²) < 4.78 is 27.5. The molecule has 0 aromatic carbocycles. The van der Waals surface area contributed by atoms with Crippen molar-refractivity contribution in [2.75, 3.05) is 0 Å². The van der Waals surface area contributed by atoms with Crippen molar-refractivity contribution < 1.29 is 8.42 Å². The van der Waals surface area contributed by atoms with Crippen molar-refractivity contribution in [2.45, 2.75) is 57.1 Å². The van der Waals surface area contributed by atoms with Gasteiger partial charge in [-0.25, -0.2) is 13.1 Å². The molecule has 0 spiro atoms. The second kappa shape index (κ2) is 5.91. The summed E-state index contributed by atoms with van der Waals surface area (Å²) in [4.78, 5) is 1.32. The summed E-state index contributed by atoms with van der Waals surface area (Å²) in [7, 11) is -3.36. The van der Waals surface area contributed by atoms with E-state index in [2.05, 4.69) is 30.8 Å². The van der Waals surface area contributed by atoms with Gasteiger partial charge in [-0.05, 0) is 30.2 Å². The van der Waals surface area contributed by atoms with Crippen LogP contribution in [0.15, 0.2) is 16.3 Å². The van der Waals surface area contributed by atoms with Gasteiger partial charge in [0.2, 0.25) is 10.0 Å². The lowest BCUT2D eigenvalue weighted by molar-refractivity contribution is 0.270. The summed E-state index contributed by atoms with van der Waals surface area (Å²) in [5, 5.41) is 5.11. The van der Waals surface area contributed by atoms with Crippen LogP contribution in [-0.4, -0.2) is 20.5 Å². The Balaban J connectivity index is 2.05. The van der Waals surface area contributed by atoms with Gasteiger partial charge < -0.3 is 5.32 Å². The van der Waals surface area contributed by atoms with Crippen molar-refractivity contribution in [1.29, 1.82) is 0 Å². The molecule has 0 atom stereocenters. The molecule has 1 heterocycles. The zero-order chi connectivity index (χ0) is 14.0. The van der Waals surface area contributed by atoms with Crippen molar-refractivity contribution in [3.05, 3.63) is 16.3 Å². The number of rotatable bonds is 6. The Hall–Kier alpha value is -0.430. The largest absolute Gasteiger partial charge is 0.310 e. The second-order valence-electron chi connectivity index (χ2n) is 5.64. The summed E-state index contributed by atoms with van der Waals surface area (Å²) in [5.41, 5.74) is 0. The van der Waals surface area contributed by atoms with Gasteiger partial charge in [0.05, 0.1) is 4.90 Å². The molecular formula is C13H22N2O2S2. The number of nitrogens with one attached hydrogen (secondary N) is 2. The van der Waals surface area contributed by atoms with E-state index in [-0.39, 0.29) is 6.04 Å². The zero-order valence-corrected chi connectivity index (χ0v) is 13.3. The maximum Gasteiger partial charge on any atom is 0.241 e. The van der Waals surface area contributed by atoms with Gasteiger partial charge in [-0.15, -0.1) is 11.3 Å². The molecule has 6 heteroatoms. The first-order valence-corrected chi connectivity index (χ1v) is 9.07. The van der Waals surface area contributed by atoms with Crippen LogP contribution < -0.4 is 10.0 Å². The highest BCUT2D eigenvalue weighted by Gasteiger charge is 2.31. The monoisotopic (exact) mass is 302 g/mol.